The van der Waals surface area contributed by atoms with E-state index >= 15 is 0 Å². The summed E-state index contributed by atoms with van der Waals surface area (Å²) in [6.45, 7) is 9.00. The number of carbonyl (C=O) groups excluding carboxylic acids is 1. The number of rotatable bonds is 3. The third-order valence-corrected chi connectivity index (χ3v) is 4.71. The van der Waals surface area contributed by atoms with Crippen molar-refractivity contribution in [3.63, 3.8) is 0 Å². The Morgan fingerprint density at radius 2 is 1.62 bits per heavy atom. The minimum Gasteiger partial charge on any atom is -0.490 e. The fourth-order valence-electron chi connectivity index (χ4n) is 3.25. The number of primary amides is 1. The van der Waals surface area contributed by atoms with Gasteiger partial charge in [0.25, 0.3) is 0 Å². The molecule has 0 atom stereocenters. The summed E-state index contributed by atoms with van der Waals surface area (Å²) in [6, 6.07) is 7.06. The van der Waals surface area contributed by atoms with Crippen LogP contribution in [0.4, 0.5) is 0 Å². The van der Waals surface area contributed by atoms with E-state index in [9.17, 15) is 4.79 Å². The zero-order chi connectivity index (χ0) is 15.8. The van der Waals surface area contributed by atoms with Gasteiger partial charge in [-0.15, -0.1) is 0 Å². The molecular formula is C17H26N2O2. The van der Waals surface area contributed by atoms with E-state index in [2.05, 4.69) is 39.6 Å². The highest BCUT2D eigenvalue weighted by Crippen LogP contribution is 2.38. The summed E-state index contributed by atoms with van der Waals surface area (Å²) in [7, 11) is 2.18. The Balaban J connectivity index is 2.11. The van der Waals surface area contributed by atoms with Gasteiger partial charge in [-0.05, 0) is 59.0 Å². The van der Waals surface area contributed by atoms with Crippen LogP contribution in [-0.4, -0.2) is 35.0 Å². The number of nitrogens with two attached hydrogens (primary N) is 1. The van der Waals surface area contributed by atoms with E-state index in [4.69, 9.17) is 10.5 Å². The van der Waals surface area contributed by atoms with Crippen molar-refractivity contribution >= 4 is 5.91 Å². The third-order valence-electron chi connectivity index (χ3n) is 4.71. The number of ether oxygens (including phenoxy) is 1. The maximum atomic E-state index is 11.1. The van der Waals surface area contributed by atoms with Gasteiger partial charge in [-0.1, -0.05) is 0 Å². The SMILES string of the molecule is CN1C(C)(C)CC(Oc2ccc(C(N)=O)cc2)CC1(C)C. The number of carbonyl (C=O) groups is 1. The summed E-state index contributed by atoms with van der Waals surface area (Å²) >= 11 is 0. The fraction of sp³-hybridized carbons (Fsp3) is 0.588. The second kappa shape index (κ2) is 5.34. The van der Waals surface area contributed by atoms with Crippen LogP contribution >= 0.6 is 0 Å². The summed E-state index contributed by atoms with van der Waals surface area (Å²) in [5, 5.41) is 0. The van der Waals surface area contributed by atoms with Crippen molar-refractivity contribution < 1.29 is 9.53 Å². The molecule has 1 aliphatic rings. The van der Waals surface area contributed by atoms with Gasteiger partial charge in [0.1, 0.15) is 11.9 Å². The van der Waals surface area contributed by atoms with Crippen LogP contribution in [0.3, 0.4) is 0 Å². The lowest BCUT2D eigenvalue weighted by atomic mass is 9.79. The Morgan fingerprint density at radius 3 is 2.05 bits per heavy atom. The lowest BCUT2D eigenvalue weighted by molar-refractivity contribution is -0.0556. The van der Waals surface area contributed by atoms with Crippen LogP contribution in [0.15, 0.2) is 24.3 Å². The summed E-state index contributed by atoms with van der Waals surface area (Å²) in [6.07, 6.45) is 2.13. The first-order chi connectivity index (χ1) is 9.62. The van der Waals surface area contributed by atoms with Crippen molar-refractivity contribution in [3.8, 4) is 5.75 Å². The second-order valence-corrected chi connectivity index (χ2v) is 7.22. The van der Waals surface area contributed by atoms with Crippen molar-refractivity contribution in [2.75, 3.05) is 7.05 Å². The van der Waals surface area contributed by atoms with Gasteiger partial charge in [0.2, 0.25) is 5.91 Å². The van der Waals surface area contributed by atoms with Crippen molar-refractivity contribution in [2.45, 2.75) is 57.7 Å². The fourth-order valence-corrected chi connectivity index (χ4v) is 3.25. The van der Waals surface area contributed by atoms with E-state index in [0.717, 1.165) is 18.6 Å². The summed E-state index contributed by atoms with van der Waals surface area (Å²) in [5.41, 5.74) is 5.95. The van der Waals surface area contributed by atoms with E-state index in [1.54, 1.807) is 12.1 Å². The van der Waals surface area contributed by atoms with E-state index in [0.29, 0.717) is 5.56 Å². The molecule has 0 aliphatic carbocycles. The van der Waals surface area contributed by atoms with Crippen LogP contribution in [0.2, 0.25) is 0 Å². The van der Waals surface area contributed by atoms with Crippen molar-refractivity contribution in [1.29, 1.82) is 0 Å². The highest BCUT2D eigenvalue weighted by Gasteiger charge is 2.43. The van der Waals surface area contributed by atoms with Crippen molar-refractivity contribution in [2.24, 2.45) is 5.73 Å². The molecule has 0 saturated carbocycles. The van der Waals surface area contributed by atoms with Gasteiger partial charge in [-0.3, -0.25) is 9.69 Å². The number of nitrogens with zero attached hydrogens (tertiary/aromatic N) is 1. The van der Waals surface area contributed by atoms with Crippen LogP contribution in [0.1, 0.15) is 50.9 Å². The molecular weight excluding hydrogens is 264 g/mol. The number of hydrogen-bond acceptors (Lipinski definition) is 3. The molecule has 1 aliphatic heterocycles. The first-order valence-corrected chi connectivity index (χ1v) is 7.42. The van der Waals surface area contributed by atoms with Gasteiger partial charge in [0.15, 0.2) is 0 Å². The molecule has 1 aromatic carbocycles. The average Bonchev–Trinajstić information content (AvgIpc) is 2.36. The molecule has 2 rings (SSSR count). The lowest BCUT2D eigenvalue weighted by Gasteiger charge is -2.53. The van der Waals surface area contributed by atoms with Gasteiger partial charge in [0, 0.05) is 29.5 Å². The minimum absolute atomic E-state index is 0.0968. The number of likely N-dealkylation sites (tertiary alicyclic amines) is 1. The van der Waals surface area contributed by atoms with Crippen LogP contribution in [0.25, 0.3) is 0 Å². The number of piperidine rings is 1. The molecule has 0 unspecified atom stereocenters. The highest BCUT2D eigenvalue weighted by atomic mass is 16.5. The molecule has 1 heterocycles. The first-order valence-electron chi connectivity index (χ1n) is 7.42. The number of hydrogen-bond donors (Lipinski definition) is 1. The van der Waals surface area contributed by atoms with Crippen molar-refractivity contribution in [1.82, 2.24) is 4.90 Å². The maximum absolute atomic E-state index is 11.1. The monoisotopic (exact) mass is 290 g/mol. The second-order valence-electron chi connectivity index (χ2n) is 7.22. The van der Waals surface area contributed by atoms with Crippen molar-refractivity contribution in [3.05, 3.63) is 29.8 Å². The zero-order valence-electron chi connectivity index (χ0n) is 13.6. The van der Waals surface area contributed by atoms with Gasteiger partial charge in [0.05, 0.1) is 0 Å². The first kappa shape index (κ1) is 15.8. The third kappa shape index (κ3) is 3.38. The smallest absolute Gasteiger partial charge is 0.248 e. The zero-order valence-corrected chi connectivity index (χ0v) is 13.6. The molecule has 1 aromatic rings. The van der Waals surface area contributed by atoms with E-state index < -0.39 is 5.91 Å². The van der Waals surface area contributed by atoms with Gasteiger partial charge in [-0.25, -0.2) is 0 Å². The molecule has 1 amide bonds. The van der Waals surface area contributed by atoms with Crippen LogP contribution in [-0.2, 0) is 0 Å². The van der Waals surface area contributed by atoms with Crippen LogP contribution in [0, 0.1) is 0 Å². The Labute approximate surface area is 127 Å². The standard InChI is InChI=1S/C17H26N2O2/c1-16(2)10-14(11-17(3,4)19(16)5)21-13-8-6-12(7-9-13)15(18)20/h6-9,14H,10-11H2,1-5H3,(H2,18,20). The Kier molecular flexibility index (Phi) is 4.02. The molecule has 1 fully saturated rings. The Morgan fingerprint density at radius 1 is 1.14 bits per heavy atom. The molecule has 2 N–H and O–H groups in total. The molecule has 0 spiro atoms. The number of amides is 1. The van der Waals surface area contributed by atoms with Gasteiger partial charge in [-0.2, -0.15) is 0 Å². The van der Waals surface area contributed by atoms with Gasteiger partial charge < -0.3 is 10.5 Å². The van der Waals surface area contributed by atoms with Crippen LogP contribution < -0.4 is 10.5 Å². The van der Waals surface area contributed by atoms with Gasteiger partial charge >= 0.3 is 0 Å². The lowest BCUT2D eigenvalue weighted by Crippen LogP contribution is -2.60. The summed E-state index contributed by atoms with van der Waals surface area (Å²) in [4.78, 5) is 13.5. The molecule has 4 heteroatoms. The average molecular weight is 290 g/mol. The molecule has 0 bridgehead atoms. The van der Waals surface area contributed by atoms with E-state index in [1.165, 1.54) is 0 Å². The highest BCUT2D eigenvalue weighted by molar-refractivity contribution is 5.92. The summed E-state index contributed by atoms with van der Waals surface area (Å²) < 4.78 is 6.13. The van der Waals surface area contributed by atoms with E-state index in [-0.39, 0.29) is 17.2 Å². The van der Waals surface area contributed by atoms with Crippen LogP contribution in [0.5, 0.6) is 5.75 Å². The predicted molar refractivity (Wildman–Crippen MR) is 84.5 cm³/mol. The molecule has 0 radical (unpaired) electrons. The molecule has 21 heavy (non-hydrogen) atoms. The molecule has 1 saturated heterocycles. The molecule has 4 nitrogen and oxygen atoms in total. The molecule has 0 aromatic heterocycles. The summed E-state index contributed by atoms with van der Waals surface area (Å²) in [5.74, 6) is 0.379. The Bertz CT molecular complexity index is 502. The quantitative estimate of drug-likeness (QED) is 0.931. The largest absolute Gasteiger partial charge is 0.490 e. The normalized spacial score (nSPS) is 22.0. The minimum atomic E-state index is -0.414. The number of benzene rings is 1. The predicted octanol–water partition coefficient (Wildman–Crippen LogP) is 2.82. The molecule has 116 valence electrons. The topological polar surface area (TPSA) is 55.6 Å². The Hall–Kier alpha value is -1.55. The maximum Gasteiger partial charge on any atom is 0.248 e. The van der Waals surface area contributed by atoms with E-state index in [1.807, 2.05) is 12.1 Å².